The van der Waals surface area contributed by atoms with Gasteiger partial charge in [0.05, 0.1) is 34.1 Å². The number of hydrogen-bond donors (Lipinski definition) is 1. The summed E-state index contributed by atoms with van der Waals surface area (Å²) in [4.78, 5) is 0. The van der Waals surface area contributed by atoms with Crippen molar-refractivity contribution in [3.8, 4) is 12.1 Å². The number of fused-ring (bicyclic) bond motifs is 1. The summed E-state index contributed by atoms with van der Waals surface area (Å²) < 4.78 is 1.94. The molecule has 19 heavy (non-hydrogen) atoms. The van der Waals surface area contributed by atoms with Crippen LogP contribution in [0.3, 0.4) is 0 Å². The molecule has 4 heteroatoms. The molecule has 0 saturated heterocycles. The Hall–Kier alpha value is -2.72. The second-order valence-electron chi connectivity index (χ2n) is 4.19. The summed E-state index contributed by atoms with van der Waals surface area (Å²) in [5.41, 5.74) is 3.92. The van der Waals surface area contributed by atoms with Gasteiger partial charge in [-0.15, -0.1) is 0 Å². The summed E-state index contributed by atoms with van der Waals surface area (Å²) in [5.74, 6) is 0. The average molecular weight is 250 g/mol. The molecule has 0 fully saturated rings. The highest BCUT2D eigenvalue weighted by Crippen LogP contribution is 2.34. The molecule has 1 aromatic carbocycles. The lowest BCUT2D eigenvalue weighted by molar-refractivity contribution is 0.950. The highest BCUT2D eigenvalue weighted by Gasteiger charge is 2.17. The number of aryl methyl sites for hydroxylation is 1. The lowest BCUT2D eigenvalue weighted by atomic mass is 10.1. The van der Waals surface area contributed by atoms with Gasteiger partial charge in [-0.05, 0) is 25.1 Å². The van der Waals surface area contributed by atoms with Gasteiger partial charge in [-0.25, -0.2) is 0 Å². The molecular formula is C15H14N4. The maximum Gasteiger partial charge on any atom is 0.101 e. The van der Waals surface area contributed by atoms with Crippen LogP contribution in [0.1, 0.15) is 18.2 Å². The van der Waals surface area contributed by atoms with Crippen LogP contribution in [0.5, 0.6) is 0 Å². The molecule has 0 radical (unpaired) electrons. The van der Waals surface area contributed by atoms with Gasteiger partial charge in [0.25, 0.3) is 0 Å². The summed E-state index contributed by atoms with van der Waals surface area (Å²) in [5, 5.41) is 22.4. The number of allylic oxidation sites excluding steroid dienone is 2. The Morgan fingerprint density at radius 3 is 2.63 bits per heavy atom. The number of rotatable bonds is 2. The predicted octanol–water partition coefficient (Wildman–Crippen LogP) is 3.02. The van der Waals surface area contributed by atoms with E-state index < -0.39 is 0 Å². The smallest absolute Gasteiger partial charge is 0.101 e. The molecule has 0 spiro atoms. The van der Waals surface area contributed by atoms with Crippen LogP contribution < -0.4 is 5.32 Å². The normalized spacial score (nSPS) is 11.1. The highest BCUT2D eigenvalue weighted by atomic mass is 15.0. The van der Waals surface area contributed by atoms with E-state index in [9.17, 15) is 5.26 Å². The number of hydrogen-bond acceptors (Lipinski definition) is 3. The molecule has 0 saturated carbocycles. The fourth-order valence-corrected chi connectivity index (χ4v) is 2.33. The van der Waals surface area contributed by atoms with Gasteiger partial charge in [-0.3, -0.25) is 0 Å². The van der Waals surface area contributed by atoms with Crippen molar-refractivity contribution in [2.24, 2.45) is 7.05 Å². The number of nitriles is 2. The van der Waals surface area contributed by atoms with Gasteiger partial charge >= 0.3 is 0 Å². The third kappa shape index (κ3) is 1.84. The molecule has 1 N–H and O–H groups in total. The van der Waals surface area contributed by atoms with Crippen LogP contribution >= 0.6 is 0 Å². The number of aromatic nitrogens is 1. The molecule has 0 atom stereocenters. The van der Waals surface area contributed by atoms with Crippen LogP contribution in [0.4, 0.5) is 5.69 Å². The third-order valence-electron chi connectivity index (χ3n) is 3.24. The van der Waals surface area contributed by atoms with E-state index in [-0.39, 0.29) is 0 Å². The van der Waals surface area contributed by atoms with Gasteiger partial charge in [-0.1, -0.05) is 6.08 Å². The van der Waals surface area contributed by atoms with Gasteiger partial charge in [-0.2, -0.15) is 10.5 Å². The maximum atomic E-state index is 9.24. The lowest BCUT2D eigenvalue weighted by Gasteiger charge is -2.05. The SMILES string of the molecule is C/C=C(/C#N)c1c(NC)c2ccc(C#N)cc2n1C. The molecule has 2 aromatic rings. The molecule has 0 aliphatic carbocycles. The molecule has 0 unspecified atom stereocenters. The molecule has 1 aromatic heterocycles. The third-order valence-corrected chi connectivity index (χ3v) is 3.24. The summed E-state index contributed by atoms with van der Waals surface area (Å²) in [6.45, 7) is 1.84. The highest BCUT2D eigenvalue weighted by molar-refractivity contribution is 6.02. The zero-order chi connectivity index (χ0) is 14.0. The van der Waals surface area contributed by atoms with E-state index in [1.54, 1.807) is 12.1 Å². The van der Waals surface area contributed by atoms with Crippen molar-refractivity contribution in [2.75, 3.05) is 12.4 Å². The standard InChI is InChI=1S/C15H14N4/c1-4-11(9-17)15-14(18-2)12-6-5-10(8-16)7-13(12)19(15)3/h4-7,18H,1-3H3/b11-4-. The lowest BCUT2D eigenvalue weighted by Crippen LogP contribution is -1.98. The van der Waals surface area contributed by atoms with Crippen LogP contribution in [0.25, 0.3) is 16.5 Å². The van der Waals surface area contributed by atoms with Crippen molar-refractivity contribution in [1.82, 2.24) is 4.57 Å². The zero-order valence-electron chi connectivity index (χ0n) is 11.2. The number of nitrogens with one attached hydrogen (secondary N) is 1. The van der Waals surface area contributed by atoms with E-state index in [1.165, 1.54) is 0 Å². The van der Waals surface area contributed by atoms with E-state index in [0.717, 1.165) is 22.3 Å². The first kappa shape index (κ1) is 12.7. The first-order valence-electron chi connectivity index (χ1n) is 5.95. The molecule has 4 nitrogen and oxygen atoms in total. The van der Waals surface area contributed by atoms with E-state index in [0.29, 0.717) is 11.1 Å². The fraction of sp³-hybridized carbons (Fsp3) is 0.200. The van der Waals surface area contributed by atoms with E-state index >= 15 is 0 Å². The van der Waals surface area contributed by atoms with Crippen molar-refractivity contribution in [3.63, 3.8) is 0 Å². The fourth-order valence-electron chi connectivity index (χ4n) is 2.33. The van der Waals surface area contributed by atoms with E-state index in [1.807, 2.05) is 37.7 Å². The van der Waals surface area contributed by atoms with Gasteiger partial charge in [0, 0.05) is 19.5 Å². The second kappa shape index (κ2) is 4.88. The van der Waals surface area contributed by atoms with Crippen molar-refractivity contribution < 1.29 is 0 Å². The molecular weight excluding hydrogens is 236 g/mol. The molecule has 1 heterocycles. The molecule has 0 bridgehead atoms. The van der Waals surface area contributed by atoms with Crippen LogP contribution in [0.2, 0.25) is 0 Å². The topological polar surface area (TPSA) is 64.5 Å². The Morgan fingerprint density at radius 1 is 1.37 bits per heavy atom. The van der Waals surface area contributed by atoms with Crippen LogP contribution in [-0.4, -0.2) is 11.6 Å². The second-order valence-corrected chi connectivity index (χ2v) is 4.19. The van der Waals surface area contributed by atoms with Crippen molar-refractivity contribution in [3.05, 3.63) is 35.5 Å². The van der Waals surface area contributed by atoms with Gasteiger partial charge in [0.15, 0.2) is 0 Å². The predicted molar refractivity (Wildman–Crippen MR) is 76.4 cm³/mol. The first-order chi connectivity index (χ1) is 9.17. The van der Waals surface area contributed by atoms with Gasteiger partial charge in [0.1, 0.15) is 6.07 Å². The quantitative estimate of drug-likeness (QED) is 0.833. The maximum absolute atomic E-state index is 9.24. The van der Waals surface area contributed by atoms with Crippen LogP contribution in [-0.2, 0) is 7.05 Å². The molecule has 0 amide bonds. The Labute approximate surface area is 112 Å². The van der Waals surface area contributed by atoms with Gasteiger partial charge < -0.3 is 9.88 Å². The molecule has 2 rings (SSSR count). The monoisotopic (exact) mass is 250 g/mol. The van der Waals surface area contributed by atoms with Crippen LogP contribution in [0, 0.1) is 22.7 Å². The Balaban J connectivity index is 2.90. The molecule has 0 aliphatic rings. The van der Waals surface area contributed by atoms with Crippen LogP contribution in [0.15, 0.2) is 24.3 Å². The summed E-state index contributed by atoms with van der Waals surface area (Å²) in [6.07, 6.45) is 1.79. The van der Waals surface area contributed by atoms with E-state index in [4.69, 9.17) is 5.26 Å². The summed E-state index contributed by atoms with van der Waals surface area (Å²) in [6, 6.07) is 9.88. The van der Waals surface area contributed by atoms with Crippen molar-refractivity contribution in [2.45, 2.75) is 6.92 Å². The van der Waals surface area contributed by atoms with E-state index in [2.05, 4.69) is 17.5 Å². The number of benzene rings is 1. The minimum absolute atomic E-state index is 0.612. The minimum atomic E-state index is 0.612. The minimum Gasteiger partial charge on any atom is -0.386 e. The zero-order valence-corrected chi connectivity index (χ0v) is 11.2. The van der Waals surface area contributed by atoms with Gasteiger partial charge in [0.2, 0.25) is 0 Å². The molecule has 94 valence electrons. The first-order valence-corrected chi connectivity index (χ1v) is 5.95. The number of anilines is 1. The Morgan fingerprint density at radius 2 is 2.11 bits per heavy atom. The largest absolute Gasteiger partial charge is 0.386 e. The Kier molecular flexibility index (Phi) is 3.27. The van der Waals surface area contributed by atoms with Crippen molar-refractivity contribution >= 4 is 22.2 Å². The average Bonchev–Trinajstić information content (AvgIpc) is 2.73. The summed E-state index contributed by atoms with van der Waals surface area (Å²) in [7, 11) is 3.74. The molecule has 0 aliphatic heterocycles. The summed E-state index contributed by atoms with van der Waals surface area (Å²) >= 11 is 0. The number of nitrogens with zero attached hydrogens (tertiary/aromatic N) is 3. The van der Waals surface area contributed by atoms with Crippen molar-refractivity contribution in [1.29, 1.82) is 10.5 Å². The Bertz CT molecular complexity index is 751.